The molecule has 0 radical (unpaired) electrons. The zero-order valence-corrected chi connectivity index (χ0v) is 15.0. The zero-order chi connectivity index (χ0) is 18.5. The second-order valence-electron chi connectivity index (χ2n) is 5.92. The fourth-order valence-corrected chi connectivity index (χ4v) is 2.95. The average molecular weight is 354 g/mol. The molecule has 1 aromatic heterocycles. The lowest BCUT2D eigenvalue weighted by atomic mass is 9.99. The normalized spacial score (nSPS) is 12.9. The third-order valence-electron chi connectivity index (χ3n) is 4.33. The van der Waals surface area contributed by atoms with Gasteiger partial charge in [-0.2, -0.15) is 0 Å². The predicted molar refractivity (Wildman–Crippen MR) is 98.9 cm³/mol. The van der Waals surface area contributed by atoms with E-state index >= 15 is 0 Å². The minimum absolute atomic E-state index is 0.259. The van der Waals surface area contributed by atoms with Crippen molar-refractivity contribution in [3.8, 4) is 11.5 Å². The SMILES string of the molecule is C=CCNC(=O)c1ccc(N2CCc3cc(OC)c(OC)cc3C2)nn1. The Labute approximate surface area is 152 Å². The number of hydrogen-bond acceptors (Lipinski definition) is 6. The molecule has 7 heteroatoms. The molecule has 0 atom stereocenters. The third kappa shape index (κ3) is 3.61. The van der Waals surface area contributed by atoms with Crippen LogP contribution >= 0.6 is 0 Å². The number of ether oxygens (including phenoxy) is 2. The van der Waals surface area contributed by atoms with Gasteiger partial charge in [0.15, 0.2) is 23.0 Å². The highest BCUT2D eigenvalue weighted by Crippen LogP contribution is 2.34. The van der Waals surface area contributed by atoms with E-state index in [1.807, 2.05) is 18.2 Å². The monoisotopic (exact) mass is 354 g/mol. The minimum Gasteiger partial charge on any atom is -0.493 e. The van der Waals surface area contributed by atoms with Gasteiger partial charge in [-0.15, -0.1) is 16.8 Å². The summed E-state index contributed by atoms with van der Waals surface area (Å²) in [4.78, 5) is 14.0. The second kappa shape index (κ2) is 7.86. The molecule has 0 saturated carbocycles. The first-order valence-electron chi connectivity index (χ1n) is 8.37. The molecule has 0 unspecified atom stereocenters. The summed E-state index contributed by atoms with van der Waals surface area (Å²) in [5.41, 5.74) is 2.70. The van der Waals surface area contributed by atoms with Crippen molar-refractivity contribution in [3.63, 3.8) is 0 Å². The maximum Gasteiger partial charge on any atom is 0.272 e. The van der Waals surface area contributed by atoms with Gasteiger partial charge in [-0.05, 0) is 41.8 Å². The lowest BCUT2D eigenvalue weighted by molar-refractivity contribution is 0.0952. The number of aromatic nitrogens is 2. The van der Waals surface area contributed by atoms with E-state index in [-0.39, 0.29) is 5.91 Å². The summed E-state index contributed by atoms with van der Waals surface area (Å²) in [6.07, 6.45) is 2.49. The van der Waals surface area contributed by atoms with Crippen molar-refractivity contribution < 1.29 is 14.3 Å². The first-order valence-corrected chi connectivity index (χ1v) is 8.37. The molecule has 1 N–H and O–H groups in total. The lowest BCUT2D eigenvalue weighted by Crippen LogP contribution is -2.31. The van der Waals surface area contributed by atoms with E-state index in [0.717, 1.165) is 24.5 Å². The van der Waals surface area contributed by atoms with E-state index in [9.17, 15) is 4.79 Å². The third-order valence-corrected chi connectivity index (χ3v) is 4.33. The van der Waals surface area contributed by atoms with Crippen molar-refractivity contribution >= 4 is 11.7 Å². The van der Waals surface area contributed by atoms with Crippen molar-refractivity contribution in [2.45, 2.75) is 13.0 Å². The van der Waals surface area contributed by atoms with Crippen LogP contribution < -0.4 is 19.7 Å². The van der Waals surface area contributed by atoms with Crippen molar-refractivity contribution in [2.24, 2.45) is 0 Å². The standard InChI is InChI=1S/C19H22N4O3/c1-4-8-20-19(24)15-5-6-18(22-21-15)23-9-7-13-10-16(25-2)17(26-3)11-14(13)12-23/h4-6,10-11H,1,7-9,12H2,2-3H3,(H,20,24). The van der Waals surface area contributed by atoms with Crippen molar-refractivity contribution in [1.29, 1.82) is 0 Å². The van der Waals surface area contributed by atoms with E-state index in [1.165, 1.54) is 11.1 Å². The number of methoxy groups -OCH3 is 2. The van der Waals surface area contributed by atoms with Gasteiger partial charge in [0.2, 0.25) is 0 Å². The van der Waals surface area contributed by atoms with E-state index in [4.69, 9.17) is 9.47 Å². The first-order chi connectivity index (χ1) is 12.7. The number of amides is 1. The number of nitrogens with zero attached hydrogens (tertiary/aromatic N) is 3. The Morgan fingerprint density at radius 2 is 1.96 bits per heavy atom. The van der Waals surface area contributed by atoms with Crippen molar-refractivity contribution in [2.75, 3.05) is 32.2 Å². The Kier molecular flexibility index (Phi) is 5.36. The molecule has 7 nitrogen and oxygen atoms in total. The van der Waals surface area contributed by atoms with Gasteiger partial charge in [0.1, 0.15) is 0 Å². The highest BCUT2D eigenvalue weighted by atomic mass is 16.5. The fraction of sp³-hybridized carbons (Fsp3) is 0.316. The van der Waals surface area contributed by atoms with E-state index in [0.29, 0.717) is 24.5 Å². The van der Waals surface area contributed by atoms with Crippen LogP contribution in [0.15, 0.2) is 36.9 Å². The Hall–Kier alpha value is -3.09. The fourth-order valence-electron chi connectivity index (χ4n) is 2.95. The Balaban J connectivity index is 1.76. The molecule has 2 aromatic rings. The van der Waals surface area contributed by atoms with Crippen LogP contribution in [-0.4, -0.2) is 43.4 Å². The molecule has 0 saturated heterocycles. The molecule has 1 amide bonds. The van der Waals surface area contributed by atoms with Crippen molar-refractivity contribution in [1.82, 2.24) is 15.5 Å². The number of carbonyl (C=O) groups excluding carboxylic acids is 1. The van der Waals surface area contributed by atoms with E-state index < -0.39 is 0 Å². The minimum atomic E-state index is -0.259. The van der Waals surface area contributed by atoms with Gasteiger partial charge < -0.3 is 19.7 Å². The summed E-state index contributed by atoms with van der Waals surface area (Å²) < 4.78 is 10.8. The van der Waals surface area contributed by atoms with Crippen LogP contribution in [0.25, 0.3) is 0 Å². The number of fused-ring (bicyclic) bond motifs is 1. The van der Waals surface area contributed by atoms with Crippen LogP contribution in [0, 0.1) is 0 Å². The lowest BCUT2D eigenvalue weighted by Gasteiger charge is -2.30. The van der Waals surface area contributed by atoms with Gasteiger partial charge in [0, 0.05) is 19.6 Å². The highest BCUT2D eigenvalue weighted by Gasteiger charge is 2.21. The van der Waals surface area contributed by atoms with Gasteiger partial charge in [0.05, 0.1) is 14.2 Å². The number of nitrogens with one attached hydrogen (secondary N) is 1. The maximum absolute atomic E-state index is 11.9. The maximum atomic E-state index is 11.9. The van der Waals surface area contributed by atoms with Gasteiger partial charge in [0.25, 0.3) is 5.91 Å². The van der Waals surface area contributed by atoms with Crippen LogP contribution in [0.5, 0.6) is 11.5 Å². The Morgan fingerprint density at radius 1 is 1.23 bits per heavy atom. The number of benzene rings is 1. The van der Waals surface area contributed by atoms with E-state index in [1.54, 1.807) is 26.4 Å². The summed E-state index contributed by atoms with van der Waals surface area (Å²) in [7, 11) is 3.27. The van der Waals surface area contributed by atoms with Gasteiger partial charge >= 0.3 is 0 Å². The number of carbonyl (C=O) groups is 1. The van der Waals surface area contributed by atoms with Crippen LogP contribution in [0.1, 0.15) is 21.6 Å². The molecule has 0 spiro atoms. The molecular formula is C19H22N4O3. The average Bonchev–Trinajstić information content (AvgIpc) is 2.70. The van der Waals surface area contributed by atoms with Gasteiger partial charge in [-0.3, -0.25) is 4.79 Å². The first kappa shape index (κ1) is 17.7. The van der Waals surface area contributed by atoms with Gasteiger partial charge in [-0.25, -0.2) is 0 Å². The summed E-state index contributed by atoms with van der Waals surface area (Å²) in [5.74, 6) is 1.94. The number of anilines is 1. The summed E-state index contributed by atoms with van der Waals surface area (Å²) in [6, 6.07) is 7.54. The zero-order valence-electron chi connectivity index (χ0n) is 15.0. The molecule has 26 heavy (non-hydrogen) atoms. The summed E-state index contributed by atoms with van der Waals surface area (Å²) in [5, 5.41) is 10.9. The second-order valence-corrected chi connectivity index (χ2v) is 5.92. The van der Waals surface area contributed by atoms with Crippen LogP contribution in [-0.2, 0) is 13.0 Å². The Morgan fingerprint density at radius 3 is 2.58 bits per heavy atom. The van der Waals surface area contributed by atoms with Gasteiger partial charge in [-0.1, -0.05) is 6.08 Å². The molecule has 1 aliphatic rings. The molecule has 0 aliphatic carbocycles. The van der Waals surface area contributed by atoms with Crippen LogP contribution in [0.2, 0.25) is 0 Å². The summed E-state index contributed by atoms with van der Waals surface area (Å²) in [6.45, 7) is 5.49. The van der Waals surface area contributed by atoms with Crippen molar-refractivity contribution in [3.05, 3.63) is 53.7 Å². The van der Waals surface area contributed by atoms with E-state index in [2.05, 4.69) is 27.0 Å². The topological polar surface area (TPSA) is 76.6 Å². The quantitative estimate of drug-likeness (QED) is 0.800. The molecular weight excluding hydrogens is 332 g/mol. The smallest absolute Gasteiger partial charge is 0.272 e. The molecule has 1 aliphatic heterocycles. The number of hydrogen-bond donors (Lipinski definition) is 1. The molecule has 0 bridgehead atoms. The predicted octanol–water partition coefficient (Wildman–Crippen LogP) is 1.97. The largest absolute Gasteiger partial charge is 0.493 e. The highest BCUT2D eigenvalue weighted by molar-refractivity contribution is 5.92. The Bertz CT molecular complexity index is 805. The molecule has 1 aromatic carbocycles. The summed E-state index contributed by atoms with van der Waals surface area (Å²) >= 11 is 0. The molecule has 3 rings (SSSR count). The molecule has 0 fully saturated rings. The molecule has 2 heterocycles. The van der Waals surface area contributed by atoms with Crippen LogP contribution in [0.3, 0.4) is 0 Å². The number of rotatable bonds is 6. The molecule has 136 valence electrons. The van der Waals surface area contributed by atoms with Crippen LogP contribution in [0.4, 0.5) is 5.82 Å².